The van der Waals surface area contributed by atoms with Crippen LogP contribution < -0.4 is 0 Å². The number of rotatable bonds is 0. The van der Waals surface area contributed by atoms with Gasteiger partial charge >= 0.3 is 7.32 Å². The van der Waals surface area contributed by atoms with Gasteiger partial charge in [-0.1, -0.05) is 0 Å². The molecule has 0 spiro atoms. The Morgan fingerprint density at radius 1 is 0.700 bits per heavy atom. The first-order valence-electron chi connectivity index (χ1n) is 0.775. The molecule has 7 nitrogen and oxygen atoms in total. The van der Waals surface area contributed by atoms with E-state index in [1.165, 1.54) is 0 Å². The molecule has 11 N–H and O–H groups in total. The Bertz CT molecular complexity index is 18.3. The largest absolute Gasteiger partial charge is 0.631 e. The van der Waals surface area contributed by atoms with E-state index in [9.17, 15) is 0 Å². The quantitative estimate of drug-likeness (QED) is 0.376. The van der Waals surface area contributed by atoms with Gasteiger partial charge in [-0.15, -0.1) is 0 Å². The van der Waals surface area contributed by atoms with Crippen LogP contribution in [0, 0.1) is 35.6 Å². The number of hydrogen-bond donors (Lipinski definition) is 3. The van der Waals surface area contributed by atoms with Gasteiger partial charge in [0.1, 0.15) is 0 Å². The van der Waals surface area contributed by atoms with Gasteiger partial charge in [0, 0.05) is 57.3 Å². The van der Waals surface area contributed by atoms with Crippen LogP contribution in [-0.2, 0) is 21.7 Å². The molecule has 0 atom stereocenters. The van der Waals surface area contributed by atoms with Gasteiger partial charge in [0.15, 0.2) is 0 Å². The molecule has 0 unspecified atom stereocenters. The SMILES string of the molecule is O.O.O.O.OB(O)O.[La].[Ti]. The first-order chi connectivity index (χ1) is 1.73. The Kier molecular flexibility index (Phi) is 277. The van der Waals surface area contributed by atoms with Crippen LogP contribution in [0.2, 0.25) is 0 Å². The summed E-state index contributed by atoms with van der Waals surface area (Å²) in [6, 6.07) is 0. The fraction of sp³-hybridized carbons (Fsp3) is 0. The van der Waals surface area contributed by atoms with Crippen molar-refractivity contribution in [2.75, 3.05) is 0 Å². The molecule has 10 heteroatoms. The van der Waals surface area contributed by atoms with Crippen molar-refractivity contribution in [3.05, 3.63) is 0 Å². The molecule has 0 aromatic carbocycles. The van der Waals surface area contributed by atoms with Gasteiger partial charge in [-0.2, -0.15) is 0 Å². The summed E-state index contributed by atoms with van der Waals surface area (Å²) in [5.74, 6) is 0. The second-order valence-electron chi connectivity index (χ2n) is 0.346. The molecular weight excluding hydrogens is 310 g/mol. The van der Waals surface area contributed by atoms with Crippen LogP contribution in [0.15, 0.2) is 0 Å². The average molecular weight is 321 g/mol. The smallest absolute Gasteiger partial charge is 0.412 e. The molecular formula is H11BLaO7Ti. The summed E-state index contributed by atoms with van der Waals surface area (Å²) in [6.07, 6.45) is 0. The fourth-order valence-corrected chi connectivity index (χ4v) is 0. The third kappa shape index (κ3) is 255. The molecule has 0 fully saturated rings. The van der Waals surface area contributed by atoms with Gasteiger partial charge < -0.3 is 37.0 Å². The van der Waals surface area contributed by atoms with Crippen molar-refractivity contribution in [3.8, 4) is 0 Å². The Hall–Kier alpha value is 1.69. The molecule has 0 amide bonds. The zero-order valence-corrected chi connectivity index (χ0v) is 10.2. The van der Waals surface area contributed by atoms with Crippen LogP contribution in [0.1, 0.15) is 0 Å². The molecule has 10 heavy (non-hydrogen) atoms. The van der Waals surface area contributed by atoms with E-state index in [4.69, 9.17) is 15.1 Å². The van der Waals surface area contributed by atoms with Crippen molar-refractivity contribution in [1.29, 1.82) is 0 Å². The number of hydrogen-bond acceptors (Lipinski definition) is 3. The van der Waals surface area contributed by atoms with Crippen LogP contribution in [0.5, 0.6) is 0 Å². The monoisotopic (exact) mass is 321 g/mol. The minimum Gasteiger partial charge on any atom is -0.412 e. The molecule has 0 saturated heterocycles. The predicted molar refractivity (Wildman–Crippen MR) is 26.9 cm³/mol. The molecule has 1 radical (unpaired) electrons. The van der Waals surface area contributed by atoms with Gasteiger partial charge in [0.25, 0.3) is 0 Å². The van der Waals surface area contributed by atoms with Crippen LogP contribution in [0.4, 0.5) is 0 Å². The molecule has 0 heterocycles. The first kappa shape index (κ1) is 60.7. The summed E-state index contributed by atoms with van der Waals surface area (Å²) in [5, 5.41) is 21.5. The second-order valence-corrected chi connectivity index (χ2v) is 0.346. The second kappa shape index (κ2) is 45.6. The van der Waals surface area contributed by atoms with Crippen molar-refractivity contribution in [2.45, 2.75) is 0 Å². The minimum atomic E-state index is -2.17. The first-order valence-corrected chi connectivity index (χ1v) is 0.775. The Balaban J connectivity index is -0.00000000300. The topological polar surface area (TPSA) is 187 Å². The minimum absolute atomic E-state index is 0. The zero-order chi connectivity index (χ0) is 3.58. The van der Waals surface area contributed by atoms with Crippen LogP contribution in [0.25, 0.3) is 0 Å². The molecule has 0 rings (SSSR count). The van der Waals surface area contributed by atoms with Crippen molar-refractivity contribution >= 4 is 7.32 Å². The molecule has 0 saturated carbocycles. The van der Waals surface area contributed by atoms with E-state index in [0.29, 0.717) is 0 Å². The van der Waals surface area contributed by atoms with Crippen molar-refractivity contribution in [3.63, 3.8) is 0 Å². The molecule has 0 aromatic heterocycles. The van der Waals surface area contributed by atoms with Crippen LogP contribution in [-0.4, -0.2) is 44.3 Å². The maximum Gasteiger partial charge on any atom is 0.631 e. The molecule has 63 valence electrons. The van der Waals surface area contributed by atoms with Gasteiger partial charge in [0.05, 0.1) is 0 Å². The van der Waals surface area contributed by atoms with E-state index in [0.717, 1.165) is 0 Å². The predicted octanol–water partition coefficient (Wildman–Crippen LogP) is -5.35. The van der Waals surface area contributed by atoms with E-state index in [1.54, 1.807) is 0 Å². The van der Waals surface area contributed by atoms with Crippen molar-refractivity contribution in [1.82, 2.24) is 0 Å². The fourth-order valence-electron chi connectivity index (χ4n) is 0. The van der Waals surface area contributed by atoms with Crippen LogP contribution >= 0.6 is 0 Å². The van der Waals surface area contributed by atoms with E-state index in [2.05, 4.69) is 0 Å². The normalized spacial score (nSPS) is 2.70. The average Bonchev–Trinajstić information content (AvgIpc) is 0.811. The summed E-state index contributed by atoms with van der Waals surface area (Å²) < 4.78 is 0. The van der Waals surface area contributed by atoms with Gasteiger partial charge in [-0.3, -0.25) is 0 Å². The standard InChI is InChI=1S/BH3O3.La.4H2O.Ti/c2-1(3)4;;;;;;/h2-4H;;4*1H2;. The molecule has 0 aliphatic heterocycles. The Morgan fingerprint density at radius 3 is 0.700 bits per heavy atom. The summed E-state index contributed by atoms with van der Waals surface area (Å²) in [5.41, 5.74) is 0. The van der Waals surface area contributed by atoms with E-state index < -0.39 is 7.32 Å². The van der Waals surface area contributed by atoms with Crippen LogP contribution in [0.3, 0.4) is 0 Å². The maximum absolute atomic E-state index is 7.17. The Labute approximate surface area is 101 Å². The van der Waals surface area contributed by atoms with E-state index >= 15 is 0 Å². The van der Waals surface area contributed by atoms with Crippen molar-refractivity contribution in [2.24, 2.45) is 0 Å². The van der Waals surface area contributed by atoms with E-state index in [1.807, 2.05) is 0 Å². The molecule has 0 aliphatic rings. The third-order valence-electron chi connectivity index (χ3n) is 0. The summed E-state index contributed by atoms with van der Waals surface area (Å²) in [6.45, 7) is 0. The molecule has 0 bridgehead atoms. The van der Waals surface area contributed by atoms with Crippen molar-refractivity contribution < 1.29 is 94.3 Å². The molecule has 0 aromatic rings. The summed E-state index contributed by atoms with van der Waals surface area (Å²) >= 11 is 0. The zero-order valence-electron chi connectivity index (χ0n) is 5.00. The molecule has 0 aliphatic carbocycles. The van der Waals surface area contributed by atoms with Gasteiger partial charge in [-0.05, 0) is 0 Å². The van der Waals surface area contributed by atoms with E-state index in [-0.39, 0.29) is 79.2 Å². The van der Waals surface area contributed by atoms with Gasteiger partial charge in [-0.25, -0.2) is 0 Å². The Morgan fingerprint density at radius 2 is 0.700 bits per heavy atom. The summed E-state index contributed by atoms with van der Waals surface area (Å²) in [7, 11) is -2.17. The third-order valence-corrected chi connectivity index (χ3v) is 0. The summed E-state index contributed by atoms with van der Waals surface area (Å²) in [4.78, 5) is 0. The maximum atomic E-state index is 7.17. The van der Waals surface area contributed by atoms with Gasteiger partial charge in [0.2, 0.25) is 0 Å².